The highest BCUT2D eigenvalue weighted by Gasteiger charge is 2.25. The average molecular weight is 330 g/mol. The van der Waals surface area contributed by atoms with Crippen molar-refractivity contribution in [2.75, 3.05) is 19.8 Å². The molecule has 1 aromatic carbocycles. The number of nitriles is 1. The highest BCUT2D eigenvalue weighted by atomic mass is 16.6. The number of carbonyl (C=O) groups excluding carboxylic acids is 2. The largest absolute Gasteiger partial charge is 0.482 e. The van der Waals surface area contributed by atoms with E-state index in [1.807, 2.05) is 11.0 Å². The van der Waals surface area contributed by atoms with Crippen LogP contribution in [0, 0.1) is 11.3 Å². The lowest BCUT2D eigenvalue weighted by Crippen LogP contribution is -2.45. The SMILES string of the molecule is CCC1CCCCN1C(=O)COC(=O)COc1ccc(C#N)cc1. The first-order chi connectivity index (χ1) is 11.6. The molecule has 1 aromatic rings. The van der Waals surface area contributed by atoms with E-state index >= 15 is 0 Å². The molecule has 1 heterocycles. The van der Waals surface area contributed by atoms with Gasteiger partial charge >= 0.3 is 5.97 Å². The molecule has 1 fully saturated rings. The molecule has 0 saturated carbocycles. The Morgan fingerprint density at radius 1 is 1.25 bits per heavy atom. The zero-order valence-electron chi connectivity index (χ0n) is 13.9. The third-order valence-electron chi connectivity index (χ3n) is 4.12. The number of esters is 1. The van der Waals surface area contributed by atoms with Crippen LogP contribution in [0.5, 0.6) is 5.75 Å². The molecule has 1 atom stereocenters. The zero-order valence-corrected chi connectivity index (χ0v) is 13.9. The van der Waals surface area contributed by atoms with Gasteiger partial charge in [-0.1, -0.05) is 6.92 Å². The number of likely N-dealkylation sites (tertiary alicyclic amines) is 1. The predicted octanol–water partition coefficient (Wildman–Crippen LogP) is 2.27. The van der Waals surface area contributed by atoms with Crippen LogP contribution in [-0.2, 0) is 14.3 Å². The van der Waals surface area contributed by atoms with Gasteiger partial charge in [-0.2, -0.15) is 5.26 Å². The van der Waals surface area contributed by atoms with Gasteiger partial charge in [-0.05, 0) is 49.9 Å². The average Bonchev–Trinajstić information content (AvgIpc) is 2.64. The molecule has 6 nitrogen and oxygen atoms in total. The van der Waals surface area contributed by atoms with Gasteiger partial charge in [0.1, 0.15) is 5.75 Å². The van der Waals surface area contributed by atoms with Crippen LogP contribution in [0.4, 0.5) is 0 Å². The van der Waals surface area contributed by atoms with Crippen LogP contribution < -0.4 is 4.74 Å². The van der Waals surface area contributed by atoms with Gasteiger partial charge in [0.2, 0.25) is 0 Å². The number of hydrogen-bond acceptors (Lipinski definition) is 5. The van der Waals surface area contributed by atoms with Crippen molar-refractivity contribution in [3.05, 3.63) is 29.8 Å². The van der Waals surface area contributed by atoms with E-state index in [1.54, 1.807) is 24.3 Å². The first-order valence-corrected chi connectivity index (χ1v) is 8.22. The molecule has 0 bridgehead atoms. The van der Waals surface area contributed by atoms with Crippen molar-refractivity contribution in [1.29, 1.82) is 5.26 Å². The fourth-order valence-corrected chi connectivity index (χ4v) is 2.79. The van der Waals surface area contributed by atoms with E-state index in [9.17, 15) is 9.59 Å². The van der Waals surface area contributed by atoms with Crippen LogP contribution in [0.15, 0.2) is 24.3 Å². The quantitative estimate of drug-likeness (QED) is 0.748. The van der Waals surface area contributed by atoms with E-state index in [-0.39, 0.29) is 25.2 Å². The lowest BCUT2D eigenvalue weighted by atomic mass is 10.00. The van der Waals surface area contributed by atoms with Crippen LogP contribution in [0.2, 0.25) is 0 Å². The summed E-state index contributed by atoms with van der Waals surface area (Å²) in [5.74, 6) is -0.259. The molecule has 0 aromatic heterocycles. The molecule has 128 valence electrons. The minimum atomic E-state index is -0.585. The molecular weight excluding hydrogens is 308 g/mol. The Bertz CT molecular complexity index is 606. The number of carbonyl (C=O) groups is 2. The minimum Gasteiger partial charge on any atom is -0.482 e. The molecule has 1 unspecified atom stereocenters. The Morgan fingerprint density at radius 2 is 2.00 bits per heavy atom. The highest BCUT2D eigenvalue weighted by molar-refractivity contribution is 5.81. The fraction of sp³-hybridized carbons (Fsp3) is 0.500. The van der Waals surface area contributed by atoms with E-state index in [1.165, 1.54) is 0 Å². The first kappa shape index (κ1) is 17.8. The molecule has 0 N–H and O–H groups in total. The summed E-state index contributed by atoms with van der Waals surface area (Å²) in [7, 11) is 0. The van der Waals surface area contributed by atoms with E-state index < -0.39 is 5.97 Å². The van der Waals surface area contributed by atoms with Gasteiger partial charge in [0.05, 0.1) is 11.6 Å². The van der Waals surface area contributed by atoms with E-state index in [0.29, 0.717) is 11.3 Å². The van der Waals surface area contributed by atoms with Crippen LogP contribution in [0.25, 0.3) is 0 Å². The van der Waals surface area contributed by atoms with Gasteiger partial charge in [-0.15, -0.1) is 0 Å². The molecule has 1 aliphatic heterocycles. The van der Waals surface area contributed by atoms with Crippen molar-refractivity contribution in [2.45, 2.75) is 38.6 Å². The number of piperidine rings is 1. The normalized spacial score (nSPS) is 17.0. The van der Waals surface area contributed by atoms with E-state index in [4.69, 9.17) is 14.7 Å². The Labute approximate surface area is 142 Å². The number of ether oxygens (including phenoxy) is 2. The molecule has 1 aliphatic rings. The number of hydrogen-bond donors (Lipinski definition) is 0. The molecule has 0 spiro atoms. The van der Waals surface area contributed by atoms with Crippen LogP contribution in [-0.4, -0.2) is 42.6 Å². The molecule has 1 saturated heterocycles. The number of rotatable bonds is 6. The summed E-state index contributed by atoms with van der Waals surface area (Å²) in [5.41, 5.74) is 0.516. The number of nitrogens with zero attached hydrogens (tertiary/aromatic N) is 2. The van der Waals surface area contributed by atoms with Gasteiger partial charge in [0, 0.05) is 12.6 Å². The first-order valence-electron chi connectivity index (χ1n) is 8.22. The third-order valence-corrected chi connectivity index (χ3v) is 4.12. The van der Waals surface area contributed by atoms with Crippen LogP contribution in [0.3, 0.4) is 0 Å². The monoisotopic (exact) mass is 330 g/mol. The molecule has 0 aliphatic carbocycles. The van der Waals surface area contributed by atoms with Crippen LogP contribution >= 0.6 is 0 Å². The lowest BCUT2D eigenvalue weighted by Gasteiger charge is -2.35. The van der Waals surface area contributed by atoms with Crippen molar-refractivity contribution >= 4 is 11.9 Å². The van der Waals surface area contributed by atoms with Crippen molar-refractivity contribution in [3.63, 3.8) is 0 Å². The summed E-state index contributed by atoms with van der Waals surface area (Å²) < 4.78 is 10.3. The third kappa shape index (κ3) is 4.98. The van der Waals surface area contributed by atoms with Crippen molar-refractivity contribution in [2.24, 2.45) is 0 Å². The summed E-state index contributed by atoms with van der Waals surface area (Å²) in [6.45, 7) is 2.28. The van der Waals surface area contributed by atoms with E-state index in [2.05, 4.69) is 6.92 Å². The molecule has 2 rings (SSSR count). The predicted molar refractivity (Wildman–Crippen MR) is 87.3 cm³/mol. The summed E-state index contributed by atoms with van der Waals surface area (Å²) in [6.07, 6.45) is 4.07. The van der Waals surface area contributed by atoms with Gasteiger partial charge in [0.15, 0.2) is 13.2 Å². The molecule has 1 amide bonds. The second kappa shape index (κ2) is 8.92. The van der Waals surface area contributed by atoms with Gasteiger partial charge in [-0.25, -0.2) is 4.79 Å². The van der Waals surface area contributed by atoms with Crippen molar-refractivity contribution < 1.29 is 19.1 Å². The smallest absolute Gasteiger partial charge is 0.344 e. The van der Waals surface area contributed by atoms with Crippen molar-refractivity contribution in [1.82, 2.24) is 4.90 Å². The summed E-state index contributed by atoms with van der Waals surface area (Å²) in [4.78, 5) is 25.7. The molecule has 6 heteroatoms. The standard InChI is InChI=1S/C18H22N2O4/c1-2-15-5-3-4-10-20(15)17(21)12-24-18(22)13-23-16-8-6-14(11-19)7-9-16/h6-9,15H,2-5,10,12-13H2,1H3. The lowest BCUT2D eigenvalue weighted by molar-refractivity contribution is -0.155. The Morgan fingerprint density at radius 3 is 2.67 bits per heavy atom. The van der Waals surface area contributed by atoms with Crippen molar-refractivity contribution in [3.8, 4) is 11.8 Å². The number of amides is 1. The van der Waals surface area contributed by atoms with Gasteiger partial charge in [-0.3, -0.25) is 4.79 Å². The topological polar surface area (TPSA) is 79.6 Å². The Hall–Kier alpha value is -2.55. The van der Waals surface area contributed by atoms with Crippen LogP contribution in [0.1, 0.15) is 38.2 Å². The summed E-state index contributed by atoms with van der Waals surface area (Å²) in [5, 5.41) is 8.71. The molecular formula is C18H22N2O4. The molecule has 24 heavy (non-hydrogen) atoms. The fourth-order valence-electron chi connectivity index (χ4n) is 2.79. The maximum atomic E-state index is 12.2. The summed E-state index contributed by atoms with van der Waals surface area (Å²) >= 11 is 0. The summed E-state index contributed by atoms with van der Waals surface area (Å²) in [6, 6.07) is 8.67. The van der Waals surface area contributed by atoms with Gasteiger partial charge < -0.3 is 14.4 Å². The zero-order chi connectivity index (χ0) is 17.4. The Balaban J connectivity index is 1.74. The second-order valence-electron chi connectivity index (χ2n) is 5.73. The Kier molecular flexibility index (Phi) is 6.62. The minimum absolute atomic E-state index is 0.145. The number of benzene rings is 1. The second-order valence-corrected chi connectivity index (χ2v) is 5.73. The maximum absolute atomic E-state index is 12.2. The van der Waals surface area contributed by atoms with E-state index in [0.717, 1.165) is 32.2 Å². The molecule has 0 radical (unpaired) electrons. The van der Waals surface area contributed by atoms with Gasteiger partial charge in [0.25, 0.3) is 5.91 Å². The highest BCUT2D eigenvalue weighted by Crippen LogP contribution is 2.19. The maximum Gasteiger partial charge on any atom is 0.344 e.